The van der Waals surface area contributed by atoms with Crippen LogP contribution in [-0.4, -0.2) is 57.7 Å². The number of aromatic amines is 1. The van der Waals surface area contributed by atoms with E-state index in [-0.39, 0.29) is 19.1 Å². The average Bonchev–Trinajstić information content (AvgIpc) is 3.15. The lowest BCUT2D eigenvalue weighted by Crippen LogP contribution is -2.48. The highest BCUT2D eigenvalue weighted by atomic mass is 35.5. The Balaban J connectivity index is 1.51. The Kier molecular flexibility index (Phi) is 5.97. The van der Waals surface area contributed by atoms with Crippen molar-refractivity contribution < 1.29 is 24.9 Å². The Morgan fingerprint density at radius 1 is 1.27 bits per heavy atom. The molecular formula is C22H23ClN2O5. The summed E-state index contributed by atoms with van der Waals surface area (Å²) in [6.07, 6.45) is -0.943. The summed E-state index contributed by atoms with van der Waals surface area (Å²) >= 11 is 6.01. The first kappa shape index (κ1) is 20.7. The van der Waals surface area contributed by atoms with Crippen molar-refractivity contribution in [3.63, 3.8) is 0 Å². The Labute approximate surface area is 178 Å². The van der Waals surface area contributed by atoms with Crippen molar-refractivity contribution in [2.45, 2.75) is 31.1 Å². The van der Waals surface area contributed by atoms with Gasteiger partial charge in [0, 0.05) is 22.3 Å². The van der Waals surface area contributed by atoms with Crippen molar-refractivity contribution in [1.29, 1.82) is 0 Å². The van der Waals surface area contributed by atoms with Gasteiger partial charge in [-0.15, -0.1) is 0 Å². The number of H-pyrrole nitrogens is 1. The van der Waals surface area contributed by atoms with E-state index in [1.165, 1.54) is 0 Å². The van der Waals surface area contributed by atoms with Gasteiger partial charge in [-0.1, -0.05) is 23.7 Å². The van der Waals surface area contributed by atoms with Gasteiger partial charge in [-0.05, 0) is 47.9 Å². The minimum absolute atomic E-state index is 0.0375. The third-order valence-corrected chi connectivity index (χ3v) is 5.57. The maximum Gasteiger partial charge on any atom is 0.268 e. The van der Waals surface area contributed by atoms with Crippen molar-refractivity contribution in [3.05, 3.63) is 64.3 Å². The molecule has 0 unspecified atom stereocenters. The lowest BCUT2D eigenvalue weighted by Gasteiger charge is -2.31. The molecule has 1 aliphatic rings. The molecule has 0 bridgehead atoms. The van der Waals surface area contributed by atoms with E-state index in [1.807, 2.05) is 18.2 Å². The van der Waals surface area contributed by atoms with E-state index in [0.29, 0.717) is 29.3 Å². The van der Waals surface area contributed by atoms with Gasteiger partial charge in [-0.2, -0.15) is 0 Å². The smallest absolute Gasteiger partial charge is 0.268 e. The number of hydrogen-bond donors (Lipinski definition) is 5. The number of aliphatic hydroxyl groups excluding tert-OH is 3. The number of amides is 1. The van der Waals surface area contributed by atoms with Crippen molar-refractivity contribution in [1.82, 2.24) is 10.3 Å². The van der Waals surface area contributed by atoms with Crippen molar-refractivity contribution in [2.24, 2.45) is 0 Å². The molecule has 1 heterocycles. The van der Waals surface area contributed by atoms with E-state index in [1.54, 1.807) is 24.3 Å². The molecule has 7 nitrogen and oxygen atoms in total. The largest absolute Gasteiger partial charge is 0.491 e. The molecule has 1 amide bonds. The summed E-state index contributed by atoms with van der Waals surface area (Å²) in [5.74, 6) is 0.260. The standard InChI is InChI=1S/C22H23ClN2O5/c23-14-4-5-17-13(6-14)7-19(24-17)22(29)25-18-9-16-12(8-20(18)28)2-1-3-21(16)30-11-15(27)10-26/h1-7,15,18,20,24,26-28H,8-11H2,(H,25,29)/t15-,18-,20-/m0/s1. The second-order valence-electron chi connectivity index (χ2n) is 7.51. The first-order chi connectivity index (χ1) is 14.4. The van der Waals surface area contributed by atoms with E-state index < -0.39 is 18.2 Å². The van der Waals surface area contributed by atoms with Gasteiger partial charge in [0.2, 0.25) is 0 Å². The van der Waals surface area contributed by atoms with Gasteiger partial charge < -0.3 is 30.4 Å². The highest BCUT2D eigenvalue weighted by Crippen LogP contribution is 2.30. The maximum atomic E-state index is 12.8. The van der Waals surface area contributed by atoms with Crippen LogP contribution in [0.15, 0.2) is 42.5 Å². The van der Waals surface area contributed by atoms with E-state index >= 15 is 0 Å². The predicted octanol–water partition coefficient (Wildman–Crippen LogP) is 1.81. The number of hydrogen-bond acceptors (Lipinski definition) is 5. The Morgan fingerprint density at radius 3 is 2.90 bits per heavy atom. The zero-order valence-corrected chi connectivity index (χ0v) is 16.9. The molecule has 0 aliphatic heterocycles. The molecule has 0 saturated heterocycles. The fraction of sp³-hybridized carbons (Fsp3) is 0.318. The van der Waals surface area contributed by atoms with Crippen LogP contribution in [0, 0.1) is 0 Å². The molecule has 30 heavy (non-hydrogen) atoms. The molecule has 0 spiro atoms. The van der Waals surface area contributed by atoms with Gasteiger partial charge >= 0.3 is 0 Å². The molecule has 3 aromatic rings. The van der Waals surface area contributed by atoms with Gasteiger partial charge in [-0.25, -0.2) is 0 Å². The molecule has 4 rings (SSSR count). The van der Waals surface area contributed by atoms with Crippen LogP contribution >= 0.6 is 11.6 Å². The second-order valence-corrected chi connectivity index (χ2v) is 7.95. The Morgan fingerprint density at radius 2 is 2.10 bits per heavy atom. The van der Waals surface area contributed by atoms with E-state index in [9.17, 15) is 15.0 Å². The zero-order chi connectivity index (χ0) is 21.3. The monoisotopic (exact) mass is 430 g/mol. The summed E-state index contributed by atoms with van der Waals surface area (Å²) < 4.78 is 5.66. The van der Waals surface area contributed by atoms with Gasteiger partial charge in [0.25, 0.3) is 5.91 Å². The number of fused-ring (bicyclic) bond motifs is 2. The maximum absolute atomic E-state index is 12.8. The highest BCUT2D eigenvalue weighted by Gasteiger charge is 2.30. The van der Waals surface area contributed by atoms with Crippen LogP contribution in [0.25, 0.3) is 10.9 Å². The Bertz CT molecular complexity index is 1070. The lowest BCUT2D eigenvalue weighted by atomic mass is 9.85. The third-order valence-electron chi connectivity index (χ3n) is 5.33. The summed E-state index contributed by atoms with van der Waals surface area (Å²) in [6.45, 7) is -0.424. The average molecular weight is 431 g/mol. The molecule has 0 saturated carbocycles. The summed E-state index contributed by atoms with van der Waals surface area (Å²) in [6, 6.07) is 12.1. The number of carbonyl (C=O) groups excluding carboxylic acids is 1. The highest BCUT2D eigenvalue weighted by molar-refractivity contribution is 6.31. The number of aliphatic hydroxyl groups is 3. The summed E-state index contributed by atoms with van der Waals surface area (Å²) in [5.41, 5.74) is 3.00. The van der Waals surface area contributed by atoms with Crippen molar-refractivity contribution in [2.75, 3.05) is 13.2 Å². The van der Waals surface area contributed by atoms with Crippen LogP contribution in [0.1, 0.15) is 21.6 Å². The number of aromatic nitrogens is 1. The van der Waals surface area contributed by atoms with E-state index in [2.05, 4.69) is 10.3 Å². The quantitative estimate of drug-likeness (QED) is 0.409. The van der Waals surface area contributed by atoms with Crippen molar-refractivity contribution >= 4 is 28.4 Å². The number of ether oxygens (including phenoxy) is 1. The molecule has 1 aliphatic carbocycles. The molecule has 158 valence electrons. The van der Waals surface area contributed by atoms with E-state index in [0.717, 1.165) is 22.0 Å². The van der Waals surface area contributed by atoms with Gasteiger partial charge in [-0.3, -0.25) is 4.79 Å². The fourth-order valence-corrected chi connectivity index (χ4v) is 3.93. The SMILES string of the molecule is O=C(N[C@H]1Cc2c(cccc2OC[C@@H](O)CO)C[C@@H]1O)c1cc2cc(Cl)ccc2[nH]1. The lowest BCUT2D eigenvalue weighted by molar-refractivity contribution is 0.0526. The summed E-state index contributed by atoms with van der Waals surface area (Å²) in [5, 5.41) is 33.4. The number of benzene rings is 2. The van der Waals surface area contributed by atoms with Gasteiger partial charge in [0.05, 0.1) is 18.8 Å². The number of nitrogens with one attached hydrogen (secondary N) is 2. The molecular weight excluding hydrogens is 408 g/mol. The predicted molar refractivity (Wildman–Crippen MR) is 113 cm³/mol. The topological polar surface area (TPSA) is 115 Å². The molecule has 3 atom stereocenters. The first-order valence-electron chi connectivity index (χ1n) is 9.74. The Hall–Kier alpha value is -2.58. The number of carbonyl (C=O) groups is 1. The molecule has 2 aromatic carbocycles. The summed E-state index contributed by atoms with van der Waals surface area (Å²) in [7, 11) is 0. The molecule has 0 fully saturated rings. The van der Waals surface area contributed by atoms with Crippen LogP contribution in [0.3, 0.4) is 0 Å². The molecule has 5 N–H and O–H groups in total. The van der Waals surface area contributed by atoms with Crippen LogP contribution in [0.4, 0.5) is 0 Å². The third kappa shape index (κ3) is 4.29. The van der Waals surface area contributed by atoms with Crippen LogP contribution in [0.5, 0.6) is 5.75 Å². The van der Waals surface area contributed by atoms with Crippen LogP contribution in [0.2, 0.25) is 5.02 Å². The van der Waals surface area contributed by atoms with Gasteiger partial charge in [0.1, 0.15) is 24.2 Å². The summed E-state index contributed by atoms with van der Waals surface area (Å²) in [4.78, 5) is 15.9. The van der Waals surface area contributed by atoms with E-state index in [4.69, 9.17) is 21.4 Å². The molecule has 0 radical (unpaired) electrons. The molecule has 8 heteroatoms. The number of halogens is 1. The minimum atomic E-state index is -0.971. The zero-order valence-electron chi connectivity index (χ0n) is 16.1. The van der Waals surface area contributed by atoms with Gasteiger partial charge in [0.15, 0.2) is 0 Å². The van der Waals surface area contributed by atoms with Crippen molar-refractivity contribution in [3.8, 4) is 5.75 Å². The minimum Gasteiger partial charge on any atom is -0.491 e. The van der Waals surface area contributed by atoms with Crippen LogP contribution in [-0.2, 0) is 12.8 Å². The number of rotatable bonds is 6. The second kappa shape index (κ2) is 8.65. The van der Waals surface area contributed by atoms with Crippen LogP contribution < -0.4 is 10.1 Å². The normalized spacial score (nSPS) is 19.3. The first-order valence-corrected chi connectivity index (χ1v) is 10.1. The fourth-order valence-electron chi connectivity index (χ4n) is 3.75. The molecule has 1 aromatic heterocycles.